The Kier molecular flexibility index (Phi) is 6.26. The van der Waals surface area contributed by atoms with Crippen LogP contribution in [0, 0.1) is 11.8 Å². The topological polar surface area (TPSA) is 61.4 Å². The largest absolute Gasteiger partial charge is 0.395 e. The monoisotopic (exact) mass is 389 g/mol. The molecule has 4 rings (SSSR count). The number of aliphatic hydroxyl groups excluding tert-OH is 1. The van der Waals surface area contributed by atoms with Crippen molar-refractivity contribution in [2.45, 2.75) is 31.5 Å². The molecule has 0 aliphatic carbocycles. The average Bonchev–Trinajstić information content (AvgIpc) is 3.17. The SMILES string of the molecule is CN1CCC(OC(c2cccc(C#CCCO)c2)c2nc3ccccc3[nH]2)CC1. The number of fused-ring (bicyclic) bond motifs is 1. The highest BCUT2D eigenvalue weighted by atomic mass is 16.5. The van der Waals surface area contributed by atoms with E-state index in [0.29, 0.717) is 6.42 Å². The molecule has 0 radical (unpaired) electrons. The lowest BCUT2D eigenvalue weighted by molar-refractivity contribution is -0.0264. The molecule has 1 aromatic heterocycles. The van der Waals surface area contributed by atoms with Gasteiger partial charge in [0.2, 0.25) is 0 Å². The lowest BCUT2D eigenvalue weighted by atomic mass is 10.0. The van der Waals surface area contributed by atoms with Gasteiger partial charge in [-0.3, -0.25) is 0 Å². The fourth-order valence-electron chi connectivity index (χ4n) is 3.71. The number of benzene rings is 2. The summed E-state index contributed by atoms with van der Waals surface area (Å²) in [5, 5.41) is 8.97. The molecule has 3 aromatic rings. The number of piperidine rings is 1. The van der Waals surface area contributed by atoms with Crippen molar-refractivity contribution in [2.75, 3.05) is 26.7 Å². The highest BCUT2D eigenvalue weighted by molar-refractivity contribution is 5.74. The zero-order chi connectivity index (χ0) is 20.1. The first-order valence-corrected chi connectivity index (χ1v) is 10.2. The molecule has 0 amide bonds. The average molecular weight is 389 g/mol. The van der Waals surface area contributed by atoms with E-state index in [2.05, 4.69) is 40.9 Å². The number of aliphatic hydroxyl groups is 1. The van der Waals surface area contributed by atoms with Crippen LogP contribution in [0.2, 0.25) is 0 Å². The van der Waals surface area contributed by atoms with E-state index in [9.17, 15) is 0 Å². The van der Waals surface area contributed by atoms with Gasteiger partial charge < -0.3 is 19.7 Å². The standard InChI is InChI=1S/C24H27N3O2/c1-27-14-12-20(13-15-27)29-23(24-25-21-10-2-3-11-22(21)26-24)19-9-6-8-18(17-19)7-4-5-16-28/h2-3,6,8-11,17,20,23,28H,5,12-16H2,1H3,(H,25,26). The van der Waals surface area contributed by atoms with Gasteiger partial charge in [-0.15, -0.1) is 0 Å². The van der Waals surface area contributed by atoms with E-state index in [-0.39, 0.29) is 18.8 Å². The van der Waals surface area contributed by atoms with Crippen molar-refractivity contribution < 1.29 is 9.84 Å². The summed E-state index contributed by atoms with van der Waals surface area (Å²) in [4.78, 5) is 10.6. The van der Waals surface area contributed by atoms with Crippen molar-refractivity contribution in [2.24, 2.45) is 0 Å². The molecule has 1 aliphatic heterocycles. The summed E-state index contributed by atoms with van der Waals surface area (Å²) in [5.74, 6) is 6.95. The Hall–Kier alpha value is -2.65. The number of hydrogen-bond acceptors (Lipinski definition) is 4. The Morgan fingerprint density at radius 3 is 2.83 bits per heavy atom. The van der Waals surface area contributed by atoms with E-state index in [1.807, 2.05) is 36.4 Å². The summed E-state index contributed by atoms with van der Waals surface area (Å²) in [6.07, 6.45) is 2.44. The second kappa shape index (κ2) is 9.23. The molecule has 5 nitrogen and oxygen atoms in total. The van der Waals surface area contributed by atoms with E-state index in [1.54, 1.807) is 0 Å². The van der Waals surface area contributed by atoms with Gasteiger partial charge in [-0.2, -0.15) is 0 Å². The third kappa shape index (κ3) is 4.86. The first kappa shape index (κ1) is 19.7. The fourth-order valence-corrected chi connectivity index (χ4v) is 3.71. The van der Waals surface area contributed by atoms with Crippen LogP contribution in [0.5, 0.6) is 0 Å². The number of aromatic amines is 1. The van der Waals surface area contributed by atoms with Gasteiger partial charge in [-0.1, -0.05) is 36.1 Å². The second-order valence-corrected chi connectivity index (χ2v) is 7.56. The Labute approximate surface area is 171 Å². The lowest BCUT2D eigenvalue weighted by Gasteiger charge is -2.31. The van der Waals surface area contributed by atoms with Crippen LogP contribution in [-0.2, 0) is 4.74 Å². The first-order valence-electron chi connectivity index (χ1n) is 10.2. The van der Waals surface area contributed by atoms with Crippen LogP contribution in [0.15, 0.2) is 48.5 Å². The maximum atomic E-state index is 8.97. The van der Waals surface area contributed by atoms with Gasteiger partial charge in [0.05, 0.1) is 23.7 Å². The number of rotatable bonds is 5. The summed E-state index contributed by atoms with van der Waals surface area (Å²) in [5.41, 5.74) is 3.92. The molecule has 0 saturated carbocycles. The number of nitrogens with zero attached hydrogens (tertiary/aromatic N) is 2. The number of ether oxygens (including phenoxy) is 1. The molecule has 1 fully saturated rings. The minimum Gasteiger partial charge on any atom is -0.395 e. The molecule has 1 atom stereocenters. The van der Waals surface area contributed by atoms with Crippen molar-refractivity contribution >= 4 is 11.0 Å². The highest BCUT2D eigenvalue weighted by Gasteiger charge is 2.26. The van der Waals surface area contributed by atoms with Gasteiger partial charge in [-0.05, 0) is 49.7 Å². The number of H-pyrrole nitrogens is 1. The van der Waals surface area contributed by atoms with Crippen molar-refractivity contribution in [3.8, 4) is 11.8 Å². The zero-order valence-corrected chi connectivity index (χ0v) is 16.8. The van der Waals surface area contributed by atoms with Crippen molar-refractivity contribution in [3.05, 3.63) is 65.5 Å². The van der Waals surface area contributed by atoms with Gasteiger partial charge in [0.15, 0.2) is 0 Å². The van der Waals surface area contributed by atoms with Crippen LogP contribution in [0.3, 0.4) is 0 Å². The maximum Gasteiger partial charge on any atom is 0.141 e. The highest BCUT2D eigenvalue weighted by Crippen LogP contribution is 2.30. The molecule has 2 aromatic carbocycles. The lowest BCUT2D eigenvalue weighted by Crippen LogP contribution is -2.35. The van der Waals surface area contributed by atoms with Crippen molar-refractivity contribution in [1.29, 1.82) is 0 Å². The Bertz CT molecular complexity index is 976. The van der Waals surface area contributed by atoms with Crippen molar-refractivity contribution in [3.63, 3.8) is 0 Å². The molecular formula is C24H27N3O2. The quantitative estimate of drug-likeness (QED) is 0.656. The third-order valence-corrected chi connectivity index (χ3v) is 5.31. The molecule has 1 unspecified atom stereocenters. The third-order valence-electron chi connectivity index (χ3n) is 5.31. The minimum atomic E-state index is -0.268. The van der Waals surface area contributed by atoms with Crippen LogP contribution >= 0.6 is 0 Å². The predicted octanol–water partition coefficient (Wildman–Crippen LogP) is 3.50. The molecular weight excluding hydrogens is 362 g/mol. The van der Waals surface area contributed by atoms with E-state index in [1.165, 1.54) is 0 Å². The van der Waals surface area contributed by atoms with Crippen LogP contribution in [0.4, 0.5) is 0 Å². The fraction of sp³-hybridized carbons (Fsp3) is 0.375. The summed E-state index contributed by atoms with van der Waals surface area (Å²) in [6, 6.07) is 16.2. The maximum absolute atomic E-state index is 8.97. The Morgan fingerprint density at radius 1 is 1.21 bits per heavy atom. The summed E-state index contributed by atoms with van der Waals surface area (Å²) >= 11 is 0. The smallest absolute Gasteiger partial charge is 0.141 e. The molecule has 0 bridgehead atoms. The van der Waals surface area contributed by atoms with Gasteiger partial charge in [0.25, 0.3) is 0 Å². The van der Waals surface area contributed by atoms with Gasteiger partial charge >= 0.3 is 0 Å². The minimum absolute atomic E-state index is 0.0769. The molecule has 2 N–H and O–H groups in total. The Morgan fingerprint density at radius 2 is 2.03 bits per heavy atom. The number of para-hydroxylation sites is 2. The molecule has 0 spiro atoms. The molecule has 2 heterocycles. The molecule has 29 heavy (non-hydrogen) atoms. The predicted molar refractivity (Wildman–Crippen MR) is 115 cm³/mol. The van der Waals surface area contributed by atoms with E-state index < -0.39 is 0 Å². The van der Waals surface area contributed by atoms with Crippen LogP contribution in [0.1, 0.15) is 42.3 Å². The van der Waals surface area contributed by atoms with E-state index in [4.69, 9.17) is 14.8 Å². The van der Waals surface area contributed by atoms with Gasteiger partial charge in [-0.25, -0.2) is 4.98 Å². The first-order chi connectivity index (χ1) is 14.2. The number of likely N-dealkylation sites (tertiary alicyclic amines) is 1. The summed E-state index contributed by atoms with van der Waals surface area (Å²) in [7, 11) is 2.15. The molecule has 1 aliphatic rings. The Balaban J connectivity index is 1.66. The van der Waals surface area contributed by atoms with Crippen molar-refractivity contribution in [1.82, 2.24) is 14.9 Å². The van der Waals surface area contributed by atoms with Crippen LogP contribution in [-0.4, -0.2) is 52.8 Å². The summed E-state index contributed by atoms with van der Waals surface area (Å²) in [6.45, 7) is 2.17. The number of aromatic nitrogens is 2. The van der Waals surface area contributed by atoms with Crippen LogP contribution < -0.4 is 0 Å². The van der Waals surface area contributed by atoms with Crippen LogP contribution in [0.25, 0.3) is 11.0 Å². The number of nitrogens with one attached hydrogen (secondary N) is 1. The van der Waals surface area contributed by atoms with Gasteiger partial charge in [0, 0.05) is 25.1 Å². The second-order valence-electron chi connectivity index (χ2n) is 7.56. The summed E-state index contributed by atoms with van der Waals surface area (Å²) < 4.78 is 6.61. The van der Waals surface area contributed by atoms with E-state index in [0.717, 1.165) is 53.9 Å². The molecule has 1 saturated heterocycles. The van der Waals surface area contributed by atoms with Gasteiger partial charge in [0.1, 0.15) is 11.9 Å². The normalized spacial score (nSPS) is 16.5. The number of hydrogen-bond donors (Lipinski definition) is 2. The number of imidazole rings is 1. The van der Waals surface area contributed by atoms with E-state index >= 15 is 0 Å². The molecule has 150 valence electrons. The molecule has 5 heteroatoms. The zero-order valence-electron chi connectivity index (χ0n) is 16.8.